The van der Waals surface area contributed by atoms with Crippen molar-refractivity contribution in [1.29, 1.82) is 0 Å². The number of benzene rings is 1. The van der Waals surface area contributed by atoms with E-state index < -0.39 is 5.97 Å². The molecule has 0 aliphatic carbocycles. The maximum absolute atomic E-state index is 12.8. The minimum absolute atomic E-state index is 0.297. The van der Waals surface area contributed by atoms with Crippen LogP contribution in [0.1, 0.15) is 15.9 Å². The first-order valence-corrected chi connectivity index (χ1v) is 8.50. The van der Waals surface area contributed by atoms with Gasteiger partial charge in [0.15, 0.2) is 6.61 Å². The number of rotatable bonds is 7. The van der Waals surface area contributed by atoms with E-state index in [1.54, 1.807) is 36.7 Å². The van der Waals surface area contributed by atoms with E-state index in [4.69, 9.17) is 4.74 Å². The number of nitrogens with zero attached hydrogens (tertiary/aromatic N) is 1. The molecule has 0 spiro atoms. The van der Waals surface area contributed by atoms with Crippen molar-refractivity contribution in [2.24, 2.45) is 0 Å². The fourth-order valence-electron chi connectivity index (χ4n) is 1.97. The minimum Gasteiger partial charge on any atom is -0.452 e. The Morgan fingerprint density at radius 1 is 1.25 bits per heavy atom. The van der Waals surface area contributed by atoms with E-state index in [1.165, 1.54) is 23.9 Å². The molecule has 1 aromatic heterocycles. The third-order valence-corrected chi connectivity index (χ3v) is 3.88. The van der Waals surface area contributed by atoms with Crippen LogP contribution in [-0.4, -0.2) is 36.3 Å². The van der Waals surface area contributed by atoms with Gasteiger partial charge in [-0.05, 0) is 42.5 Å². The Labute approximate surface area is 143 Å². The van der Waals surface area contributed by atoms with E-state index in [0.717, 1.165) is 5.56 Å². The number of aromatic nitrogens is 1. The van der Waals surface area contributed by atoms with E-state index in [9.17, 15) is 14.0 Å². The van der Waals surface area contributed by atoms with Crippen molar-refractivity contribution in [2.75, 3.05) is 19.4 Å². The van der Waals surface area contributed by atoms with E-state index >= 15 is 0 Å². The zero-order chi connectivity index (χ0) is 17.4. The number of carbonyl (C=O) groups is 2. The van der Waals surface area contributed by atoms with E-state index in [1.807, 2.05) is 0 Å². The van der Waals surface area contributed by atoms with Crippen LogP contribution < -0.4 is 5.32 Å². The van der Waals surface area contributed by atoms with Crippen molar-refractivity contribution in [2.45, 2.75) is 11.4 Å². The second kappa shape index (κ2) is 9.02. The molecule has 5 nitrogen and oxygen atoms in total. The SMILES string of the molecule is CSc1ncccc1C(=O)OCC(=O)NCCc1ccc(F)cc1. The Kier molecular flexibility index (Phi) is 6.74. The second-order valence-electron chi connectivity index (χ2n) is 4.86. The Morgan fingerprint density at radius 2 is 2.00 bits per heavy atom. The minimum atomic E-state index is -0.582. The fourth-order valence-corrected chi connectivity index (χ4v) is 2.50. The third kappa shape index (κ3) is 5.34. The molecule has 0 aliphatic rings. The van der Waals surface area contributed by atoms with Gasteiger partial charge in [-0.25, -0.2) is 14.2 Å². The summed E-state index contributed by atoms with van der Waals surface area (Å²) in [5.41, 5.74) is 1.25. The number of esters is 1. The van der Waals surface area contributed by atoms with Crippen molar-refractivity contribution in [3.8, 4) is 0 Å². The van der Waals surface area contributed by atoms with Gasteiger partial charge < -0.3 is 10.1 Å². The van der Waals surface area contributed by atoms with Crippen LogP contribution in [0, 0.1) is 5.82 Å². The zero-order valence-electron chi connectivity index (χ0n) is 13.1. The lowest BCUT2D eigenvalue weighted by atomic mass is 10.1. The van der Waals surface area contributed by atoms with E-state index in [2.05, 4.69) is 10.3 Å². The summed E-state index contributed by atoms with van der Waals surface area (Å²) in [5, 5.41) is 3.21. The first kappa shape index (κ1) is 17.9. The van der Waals surface area contributed by atoms with Crippen LogP contribution in [-0.2, 0) is 16.0 Å². The molecule has 0 saturated carbocycles. The Hall–Kier alpha value is -2.41. The summed E-state index contributed by atoms with van der Waals surface area (Å²) in [5.74, 6) is -1.27. The van der Waals surface area contributed by atoms with Crippen LogP contribution in [0.3, 0.4) is 0 Å². The highest BCUT2D eigenvalue weighted by atomic mass is 32.2. The maximum atomic E-state index is 12.8. The van der Waals surface area contributed by atoms with Gasteiger partial charge in [0.1, 0.15) is 10.8 Å². The number of carbonyl (C=O) groups excluding carboxylic acids is 2. The van der Waals surface area contributed by atoms with Crippen molar-refractivity contribution in [1.82, 2.24) is 10.3 Å². The molecule has 2 rings (SSSR count). The number of pyridine rings is 1. The number of amides is 1. The molecule has 126 valence electrons. The Bertz CT molecular complexity index is 707. The van der Waals surface area contributed by atoms with Gasteiger partial charge in [-0.2, -0.15) is 0 Å². The molecule has 0 radical (unpaired) electrons. The largest absolute Gasteiger partial charge is 0.452 e. The van der Waals surface area contributed by atoms with Crippen molar-refractivity contribution < 1.29 is 18.7 Å². The molecular weight excluding hydrogens is 331 g/mol. The molecular formula is C17H17FN2O3S. The molecule has 24 heavy (non-hydrogen) atoms. The maximum Gasteiger partial charge on any atom is 0.341 e. The molecule has 1 heterocycles. The number of ether oxygens (including phenoxy) is 1. The molecule has 0 bridgehead atoms. The molecule has 1 N–H and O–H groups in total. The summed E-state index contributed by atoms with van der Waals surface area (Å²) in [7, 11) is 0. The zero-order valence-corrected chi connectivity index (χ0v) is 13.9. The topological polar surface area (TPSA) is 68.3 Å². The highest BCUT2D eigenvalue weighted by molar-refractivity contribution is 7.98. The summed E-state index contributed by atoms with van der Waals surface area (Å²) < 4.78 is 17.8. The summed E-state index contributed by atoms with van der Waals surface area (Å²) in [6.07, 6.45) is 3.96. The Morgan fingerprint density at radius 3 is 2.71 bits per heavy atom. The van der Waals surface area contributed by atoms with Gasteiger partial charge in [0.25, 0.3) is 5.91 Å². The van der Waals surface area contributed by atoms with Crippen LogP contribution in [0.15, 0.2) is 47.6 Å². The molecule has 0 aliphatic heterocycles. The van der Waals surface area contributed by atoms with Crippen LogP contribution in [0.2, 0.25) is 0 Å². The molecule has 1 aromatic carbocycles. The van der Waals surface area contributed by atoms with Crippen LogP contribution >= 0.6 is 11.8 Å². The van der Waals surface area contributed by atoms with Gasteiger partial charge >= 0.3 is 5.97 Å². The van der Waals surface area contributed by atoms with Gasteiger partial charge in [0.05, 0.1) is 5.56 Å². The lowest BCUT2D eigenvalue weighted by Crippen LogP contribution is -2.30. The summed E-state index contributed by atoms with van der Waals surface area (Å²) >= 11 is 1.33. The second-order valence-corrected chi connectivity index (χ2v) is 5.66. The molecule has 0 saturated heterocycles. The molecule has 0 unspecified atom stereocenters. The average Bonchev–Trinajstić information content (AvgIpc) is 2.61. The normalized spacial score (nSPS) is 10.2. The van der Waals surface area contributed by atoms with E-state index in [0.29, 0.717) is 23.6 Å². The summed E-state index contributed by atoms with van der Waals surface area (Å²) in [6, 6.07) is 9.31. The lowest BCUT2D eigenvalue weighted by Gasteiger charge is -2.08. The quantitative estimate of drug-likeness (QED) is 0.615. The van der Waals surface area contributed by atoms with Gasteiger partial charge in [-0.15, -0.1) is 11.8 Å². The van der Waals surface area contributed by atoms with Crippen LogP contribution in [0.5, 0.6) is 0 Å². The molecule has 0 atom stereocenters. The number of nitrogens with one attached hydrogen (secondary N) is 1. The summed E-state index contributed by atoms with van der Waals surface area (Å²) in [4.78, 5) is 27.7. The molecule has 1 amide bonds. The third-order valence-electron chi connectivity index (χ3n) is 3.17. The van der Waals surface area contributed by atoms with Gasteiger partial charge in [-0.1, -0.05) is 12.1 Å². The predicted octanol–water partition coefficient (Wildman–Crippen LogP) is 2.46. The van der Waals surface area contributed by atoms with Gasteiger partial charge in [0, 0.05) is 12.7 Å². The van der Waals surface area contributed by atoms with Gasteiger partial charge in [-0.3, -0.25) is 4.79 Å². The smallest absolute Gasteiger partial charge is 0.341 e. The van der Waals surface area contributed by atoms with Crippen molar-refractivity contribution >= 4 is 23.6 Å². The summed E-state index contributed by atoms with van der Waals surface area (Å²) in [6.45, 7) is 0.0237. The Balaban J connectivity index is 1.74. The predicted molar refractivity (Wildman–Crippen MR) is 89.4 cm³/mol. The standard InChI is InChI=1S/C17H17FN2O3S/c1-24-16-14(3-2-9-20-16)17(22)23-11-15(21)19-10-8-12-4-6-13(18)7-5-12/h2-7,9H,8,10-11H2,1H3,(H,19,21). The first-order chi connectivity index (χ1) is 11.6. The first-order valence-electron chi connectivity index (χ1n) is 7.27. The average molecular weight is 348 g/mol. The van der Waals surface area contributed by atoms with Crippen molar-refractivity contribution in [3.63, 3.8) is 0 Å². The lowest BCUT2D eigenvalue weighted by molar-refractivity contribution is -0.124. The fraction of sp³-hybridized carbons (Fsp3) is 0.235. The number of halogens is 1. The van der Waals surface area contributed by atoms with E-state index in [-0.39, 0.29) is 18.3 Å². The van der Waals surface area contributed by atoms with Crippen molar-refractivity contribution in [3.05, 3.63) is 59.5 Å². The van der Waals surface area contributed by atoms with Gasteiger partial charge in [0.2, 0.25) is 0 Å². The number of hydrogen-bond acceptors (Lipinski definition) is 5. The van der Waals surface area contributed by atoms with Crippen LogP contribution in [0.4, 0.5) is 4.39 Å². The number of hydrogen-bond donors (Lipinski definition) is 1. The molecule has 7 heteroatoms. The highest BCUT2D eigenvalue weighted by Gasteiger charge is 2.14. The van der Waals surface area contributed by atoms with Crippen LogP contribution in [0.25, 0.3) is 0 Å². The number of thioether (sulfide) groups is 1. The highest BCUT2D eigenvalue weighted by Crippen LogP contribution is 2.17. The molecule has 2 aromatic rings. The molecule has 0 fully saturated rings. The monoisotopic (exact) mass is 348 g/mol.